The lowest BCUT2D eigenvalue weighted by Crippen LogP contribution is -2.35. The minimum absolute atomic E-state index is 0.00843. The molecule has 0 fully saturated rings. The van der Waals surface area contributed by atoms with E-state index in [2.05, 4.69) is 4.98 Å². The van der Waals surface area contributed by atoms with E-state index in [4.69, 9.17) is 16.2 Å². The summed E-state index contributed by atoms with van der Waals surface area (Å²) in [6.45, 7) is 0.239. The van der Waals surface area contributed by atoms with E-state index in [1.54, 1.807) is 6.07 Å². The van der Waals surface area contributed by atoms with Crippen LogP contribution in [0.3, 0.4) is 0 Å². The number of fused-ring (bicyclic) bond motifs is 3. The summed E-state index contributed by atoms with van der Waals surface area (Å²) in [7, 11) is 0. The topological polar surface area (TPSA) is 113 Å². The van der Waals surface area contributed by atoms with Gasteiger partial charge >= 0.3 is 0 Å². The SMILES string of the molecule is NC(=O)c1cc2c3c(n(C(=O)COCc4ccccc4)c2nc1N)=CCCC=3. The first-order valence-electron chi connectivity index (χ1n) is 9.02. The lowest BCUT2D eigenvalue weighted by atomic mass is 10.1. The minimum Gasteiger partial charge on any atom is -0.383 e. The number of carbonyl (C=O) groups is 2. The molecule has 0 bridgehead atoms. The van der Waals surface area contributed by atoms with Crippen molar-refractivity contribution < 1.29 is 14.3 Å². The lowest BCUT2D eigenvalue weighted by Gasteiger charge is -2.08. The van der Waals surface area contributed by atoms with E-state index in [0.29, 0.717) is 17.6 Å². The van der Waals surface area contributed by atoms with Gasteiger partial charge in [-0.2, -0.15) is 0 Å². The Labute approximate surface area is 160 Å². The number of benzene rings is 1. The number of pyridine rings is 1. The quantitative estimate of drug-likeness (QED) is 0.688. The standard InChI is InChI=1S/C21H20N4O3/c22-19-16(20(23)27)10-15-14-8-4-5-9-17(14)25(21(15)24-19)18(26)12-28-11-13-6-2-1-3-7-13/h1-3,6-10H,4-5,11-12H2,(H2,22,24)(H2,23,27). The summed E-state index contributed by atoms with van der Waals surface area (Å²) < 4.78 is 7.13. The van der Waals surface area contributed by atoms with E-state index in [0.717, 1.165) is 29.0 Å². The number of nitrogens with two attached hydrogens (primary N) is 2. The number of hydrogen-bond acceptors (Lipinski definition) is 5. The fraction of sp³-hybridized carbons (Fsp3) is 0.190. The predicted octanol–water partition coefficient (Wildman–Crippen LogP) is 0.929. The van der Waals surface area contributed by atoms with Gasteiger partial charge in [-0.05, 0) is 24.5 Å². The number of nitrogens with zero attached hydrogens (tertiary/aromatic N) is 2. The normalized spacial score (nSPS) is 12.9. The number of rotatable bonds is 5. The highest BCUT2D eigenvalue weighted by Crippen LogP contribution is 2.16. The molecule has 7 nitrogen and oxygen atoms in total. The third-order valence-electron chi connectivity index (χ3n) is 4.76. The van der Waals surface area contributed by atoms with Crippen LogP contribution in [0.4, 0.5) is 5.82 Å². The molecule has 0 saturated heterocycles. The number of ether oxygens (including phenoxy) is 1. The van der Waals surface area contributed by atoms with Crippen LogP contribution in [0, 0.1) is 0 Å². The first-order valence-corrected chi connectivity index (χ1v) is 9.02. The van der Waals surface area contributed by atoms with Crippen molar-refractivity contribution in [1.82, 2.24) is 9.55 Å². The van der Waals surface area contributed by atoms with Gasteiger partial charge in [0.2, 0.25) is 0 Å². The number of aromatic nitrogens is 2. The Morgan fingerprint density at radius 2 is 1.89 bits per heavy atom. The summed E-state index contributed by atoms with van der Waals surface area (Å²) in [6.07, 6.45) is 5.70. The summed E-state index contributed by atoms with van der Waals surface area (Å²) in [5, 5.41) is 2.31. The first-order chi connectivity index (χ1) is 13.6. The molecule has 0 unspecified atom stereocenters. The zero-order chi connectivity index (χ0) is 19.7. The van der Waals surface area contributed by atoms with Crippen molar-refractivity contribution in [2.45, 2.75) is 19.4 Å². The number of nitrogen functional groups attached to an aromatic ring is 1. The molecule has 0 aliphatic heterocycles. The molecule has 2 heterocycles. The van der Waals surface area contributed by atoms with Crippen LogP contribution < -0.4 is 22.0 Å². The molecule has 142 valence electrons. The second-order valence-corrected chi connectivity index (χ2v) is 6.65. The molecular formula is C21H20N4O3. The van der Waals surface area contributed by atoms with Crippen molar-refractivity contribution in [1.29, 1.82) is 0 Å². The number of anilines is 1. The Morgan fingerprint density at radius 1 is 1.14 bits per heavy atom. The van der Waals surface area contributed by atoms with Gasteiger partial charge in [0, 0.05) is 10.6 Å². The van der Waals surface area contributed by atoms with E-state index >= 15 is 0 Å². The smallest absolute Gasteiger partial charge is 0.258 e. The highest BCUT2D eigenvalue weighted by Gasteiger charge is 2.19. The van der Waals surface area contributed by atoms with Gasteiger partial charge in [-0.25, -0.2) is 4.98 Å². The molecule has 0 saturated carbocycles. The lowest BCUT2D eigenvalue weighted by molar-refractivity contribution is 0.0645. The summed E-state index contributed by atoms with van der Waals surface area (Å²) in [5.74, 6) is -0.882. The van der Waals surface area contributed by atoms with Gasteiger partial charge in [-0.3, -0.25) is 14.2 Å². The molecule has 1 amide bonds. The fourth-order valence-corrected chi connectivity index (χ4v) is 3.47. The van der Waals surface area contributed by atoms with Crippen molar-refractivity contribution >= 4 is 40.8 Å². The zero-order valence-corrected chi connectivity index (χ0v) is 15.2. The van der Waals surface area contributed by atoms with Gasteiger partial charge in [-0.1, -0.05) is 42.5 Å². The van der Waals surface area contributed by atoms with Gasteiger partial charge < -0.3 is 16.2 Å². The Hall–Kier alpha value is -3.45. The molecule has 0 radical (unpaired) electrons. The molecule has 1 aliphatic carbocycles. The molecule has 3 aromatic rings. The van der Waals surface area contributed by atoms with Crippen molar-refractivity contribution in [3.63, 3.8) is 0 Å². The molecule has 4 rings (SSSR count). The third kappa shape index (κ3) is 3.16. The van der Waals surface area contributed by atoms with E-state index < -0.39 is 5.91 Å². The van der Waals surface area contributed by atoms with Crippen molar-refractivity contribution in [2.24, 2.45) is 5.73 Å². The number of primary amides is 1. The van der Waals surface area contributed by atoms with E-state index in [1.165, 1.54) is 4.57 Å². The Balaban J connectivity index is 1.73. The molecule has 0 spiro atoms. The Bertz CT molecular complexity index is 1200. The molecule has 4 N–H and O–H groups in total. The third-order valence-corrected chi connectivity index (χ3v) is 4.76. The van der Waals surface area contributed by atoms with Crippen LogP contribution in [-0.2, 0) is 11.3 Å². The van der Waals surface area contributed by atoms with Crippen LogP contribution in [0.2, 0.25) is 0 Å². The van der Waals surface area contributed by atoms with Gasteiger partial charge in [0.1, 0.15) is 18.1 Å². The maximum absolute atomic E-state index is 12.9. The van der Waals surface area contributed by atoms with Crippen molar-refractivity contribution in [2.75, 3.05) is 12.3 Å². The van der Waals surface area contributed by atoms with E-state index in [1.807, 2.05) is 42.5 Å². The molecule has 7 heteroatoms. The Morgan fingerprint density at radius 3 is 2.64 bits per heavy atom. The maximum Gasteiger partial charge on any atom is 0.258 e. The second kappa shape index (κ2) is 7.28. The highest BCUT2D eigenvalue weighted by molar-refractivity contribution is 6.02. The van der Waals surface area contributed by atoms with Gasteiger partial charge in [0.25, 0.3) is 11.8 Å². The molecule has 2 aromatic heterocycles. The number of amides is 1. The van der Waals surface area contributed by atoms with Crippen LogP contribution in [-0.4, -0.2) is 28.0 Å². The Kier molecular flexibility index (Phi) is 4.67. The van der Waals surface area contributed by atoms with Crippen LogP contribution in [0.5, 0.6) is 0 Å². The summed E-state index contributed by atoms with van der Waals surface area (Å²) in [4.78, 5) is 28.9. The molecule has 28 heavy (non-hydrogen) atoms. The van der Waals surface area contributed by atoms with Crippen LogP contribution >= 0.6 is 0 Å². The molecule has 0 atom stereocenters. The average molecular weight is 376 g/mol. The first kappa shape index (κ1) is 17.9. The second-order valence-electron chi connectivity index (χ2n) is 6.65. The maximum atomic E-state index is 12.9. The van der Waals surface area contributed by atoms with Crippen molar-refractivity contribution in [3.05, 3.63) is 58.1 Å². The minimum atomic E-state index is -0.647. The van der Waals surface area contributed by atoms with Crippen LogP contribution in [0.15, 0.2) is 36.4 Å². The van der Waals surface area contributed by atoms with Gasteiger partial charge in [0.05, 0.1) is 17.5 Å². The molecule has 1 aliphatic rings. The largest absolute Gasteiger partial charge is 0.383 e. The molecular weight excluding hydrogens is 356 g/mol. The average Bonchev–Trinajstić information content (AvgIpc) is 3.01. The van der Waals surface area contributed by atoms with Crippen molar-refractivity contribution in [3.8, 4) is 0 Å². The van der Waals surface area contributed by atoms with E-state index in [9.17, 15) is 9.59 Å². The monoisotopic (exact) mass is 376 g/mol. The highest BCUT2D eigenvalue weighted by atomic mass is 16.5. The van der Waals surface area contributed by atoms with Crippen LogP contribution in [0.1, 0.15) is 33.6 Å². The predicted molar refractivity (Wildman–Crippen MR) is 107 cm³/mol. The summed E-state index contributed by atoms with van der Waals surface area (Å²) >= 11 is 0. The fourth-order valence-electron chi connectivity index (χ4n) is 3.47. The number of hydrogen-bond donors (Lipinski definition) is 2. The van der Waals surface area contributed by atoms with Gasteiger partial charge in [-0.15, -0.1) is 0 Å². The number of carbonyl (C=O) groups excluding carboxylic acids is 2. The zero-order valence-electron chi connectivity index (χ0n) is 15.2. The van der Waals surface area contributed by atoms with Crippen LogP contribution in [0.25, 0.3) is 23.2 Å². The van der Waals surface area contributed by atoms with E-state index in [-0.39, 0.29) is 23.9 Å². The summed E-state index contributed by atoms with van der Waals surface area (Å²) in [5.41, 5.74) is 12.9. The molecule has 1 aromatic carbocycles. The summed E-state index contributed by atoms with van der Waals surface area (Å²) in [6, 6.07) is 11.3. The van der Waals surface area contributed by atoms with Gasteiger partial charge in [0.15, 0.2) is 0 Å².